The Kier molecular flexibility index (Phi) is 6.05. The van der Waals surface area contributed by atoms with Crippen LogP contribution in [-0.4, -0.2) is 43.5 Å². The van der Waals surface area contributed by atoms with E-state index in [4.69, 9.17) is 5.11 Å². The zero-order chi connectivity index (χ0) is 16.7. The molecule has 5 N–H and O–H groups in total. The number of nitrogens with one attached hydrogen (secondary N) is 4. The number of aliphatic carboxylic acids is 1. The van der Waals surface area contributed by atoms with E-state index in [1.807, 2.05) is 13.8 Å². The number of carbonyl (C=O) groups is 2. The summed E-state index contributed by atoms with van der Waals surface area (Å²) < 4.78 is 0. The summed E-state index contributed by atoms with van der Waals surface area (Å²) in [6.45, 7) is 3.52. The van der Waals surface area contributed by atoms with Crippen LogP contribution >= 0.6 is 0 Å². The number of imidazole rings is 1. The van der Waals surface area contributed by atoms with Crippen LogP contribution < -0.4 is 16.6 Å². The lowest BCUT2D eigenvalue weighted by Gasteiger charge is -2.03. The molecule has 0 spiro atoms. The number of nitrogens with zero attached hydrogens (tertiary/aromatic N) is 1. The molecular weight excluding hydrogens is 294 g/mol. The van der Waals surface area contributed by atoms with Gasteiger partial charge in [0.25, 0.3) is 5.56 Å². The highest BCUT2D eigenvalue weighted by atomic mass is 16.4. The fourth-order valence-electron chi connectivity index (χ4n) is 1.48. The number of hydrogen-bond donors (Lipinski definition) is 5. The van der Waals surface area contributed by atoms with Gasteiger partial charge in [-0.2, -0.15) is 0 Å². The quantitative estimate of drug-likeness (QED) is 0.495. The first-order chi connectivity index (χ1) is 10.3. The largest absolute Gasteiger partial charge is 0.480 e. The minimum absolute atomic E-state index is 0.206. The molecule has 0 fully saturated rings. The normalized spacial score (nSPS) is 10.1. The third kappa shape index (κ3) is 5.61. The Morgan fingerprint density at radius 3 is 2.59 bits per heavy atom. The first-order valence-electron chi connectivity index (χ1n) is 6.43. The molecule has 2 heterocycles. The van der Waals surface area contributed by atoms with Crippen LogP contribution in [0.3, 0.4) is 0 Å². The van der Waals surface area contributed by atoms with Crippen molar-refractivity contribution >= 4 is 23.0 Å². The van der Waals surface area contributed by atoms with Crippen LogP contribution in [0.25, 0.3) is 11.2 Å². The number of carboxylic acids is 1. The topological polar surface area (TPSA) is 161 Å². The Morgan fingerprint density at radius 1 is 1.32 bits per heavy atom. The van der Waals surface area contributed by atoms with Gasteiger partial charge in [-0.1, -0.05) is 13.8 Å². The molecule has 0 aliphatic rings. The second-order valence-corrected chi connectivity index (χ2v) is 4.80. The van der Waals surface area contributed by atoms with Crippen LogP contribution in [0.4, 0.5) is 0 Å². The summed E-state index contributed by atoms with van der Waals surface area (Å²) in [7, 11) is 0. The molecular formula is C12H17N5O5. The molecule has 2 aromatic heterocycles. The second-order valence-electron chi connectivity index (χ2n) is 4.80. The van der Waals surface area contributed by atoms with Crippen molar-refractivity contribution < 1.29 is 14.7 Å². The van der Waals surface area contributed by atoms with Crippen molar-refractivity contribution in [1.29, 1.82) is 0 Å². The molecule has 2 rings (SSSR count). The van der Waals surface area contributed by atoms with Gasteiger partial charge in [0.1, 0.15) is 12.1 Å². The highest BCUT2D eigenvalue weighted by Gasteiger charge is 2.05. The van der Waals surface area contributed by atoms with E-state index >= 15 is 0 Å². The number of aromatic amines is 3. The smallest absolute Gasteiger partial charge is 0.327 e. The van der Waals surface area contributed by atoms with Gasteiger partial charge in [0.2, 0.25) is 5.91 Å². The summed E-state index contributed by atoms with van der Waals surface area (Å²) in [5, 5.41) is 10.5. The minimum atomic E-state index is -1.01. The van der Waals surface area contributed by atoms with Gasteiger partial charge in [0.05, 0.1) is 6.33 Å². The molecule has 10 nitrogen and oxygen atoms in total. The van der Waals surface area contributed by atoms with Crippen molar-refractivity contribution in [1.82, 2.24) is 25.3 Å². The monoisotopic (exact) mass is 311 g/mol. The maximum Gasteiger partial charge on any atom is 0.327 e. The number of carboxylic acid groups (broad SMARTS) is 1. The second kappa shape index (κ2) is 7.76. The molecule has 0 radical (unpaired) electrons. The van der Waals surface area contributed by atoms with Crippen molar-refractivity contribution in [2.75, 3.05) is 6.54 Å². The van der Waals surface area contributed by atoms with Crippen molar-refractivity contribution in [2.24, 2.45) is 5.92 Å². The Labute approximate surface area is 124 Å². The zero-order valence-corrected chi connectivity index (χ0v) is 12.1. The standard InChI is InChI=1S/C7H13NO3.C5H4N4O2/c1-5(2)3-6(9)8-4-7(10)11;10-4-2-3(7-1-6-2)8-5(11)9-4/h5H,3-4H2,1-2H3,(H,8,9)(H,10,11);1H,(H3,6,7,8,9,10,11). The van der Waals surface area contributed by atoms with Gasteiger partial charge >= 0.3 is 11.7 Å². The molecule has 0 aliphatic heterocycles. The lowest BCUT2D eigenvalue weighted by molar-refractivity contribution is -0.138. The summed E-state index contributed by atoms with van der Waals surface area (Å²) in [5.41, 5.74) is -0.445. The average Bonchev–Trinajstić information content (AvgIpc) is 2.84. The van der Waals surface area contributed by atoms with Crippen molar-refractivity contribution in [3.63, 3.8) is 0 Å². The lowest BCUT2D eigenvalue weighted by atomic mass is 10.1. The van der Waals surface area contributed by atoms with Crippen LogP contribution in [0.2, 0.25) is 0 Å². The predicted molar refractivity (Wildman–Crippen MR) is 77.4 cm³/mol. The van der Waals surface area contributed by atoms with E-state index in [1.54, 1.807) is 0 Å². The third-order valence-electron chi connectivity index (χ3n) is 2.36. The van der Waals surface area contributed by atoms with Crippen LogP contribution in [0.5, 0.6) is 0 Å². The highest BCUT2D eigenvalue weighted by molar-refractivity contribution is 5.81. The predicted octanol–water partition coefficient (Wildman–Crippen LogP) is -0.827. The van der Waals surface area contributed by atoms with E-state index in [-0.39, 0.29) is 29.5 Å². The lowest BCUT2D eigenvalue weighted by Crippen LogP contribution is -2.29. The summed E-state index contributed by atoms with van der Waals surface area (Å²) in [6, 6.07) is 0. The van der Waals surface area contributed by atoms with E-state index < -0.39 is 17.2 Å². The van der Waals surface area contributed by atoms with Crippen LogP contribution in [0.1, 0.15) is 20.3 Å². The van der Waals surface area contributed by atoms with E-state index in [1.165, 1.54) is 6.33 Å². The number of rotatable bonds is 4. The van der Waals surface area contributed by atoms with Crippen molar-refractivity contribution in [2.45, 2.75) is 20.3 Å². The van der Waals surface area contributed by atoms with Gasteiger partial charge in [-0.05, 0) is 5.92 Å². The van der Waals surface area contributed by atoms with Gasteiger partial charge in [-0.15, -0.1) is 0 Å². The van der Waals surface area contributed by atoms with Crippen LogP contribution in [-0.2, 0) is 9.59 Å². The molecule has 10 heteroatoms. The van der Waals surface area contributed by atoms with E-state index in [9.17, 15) is 19.2 Å². The maximum atomic E-state index is 10.9. The van der Waals surface area contributed by atoms with E-state index in [2.05, 4.69) is 25.3 Å². The number of H-pyrrole nitrogens is 3. The number of amides is 1. The number of carbonyl (C=O) groups excluding carboxylic acids is 1. The number of hydrogen-bond acceptors (Lipinski definition) is 5. The summed E-state index contributed by atoms with van der Waals surface area (Å²) >= 11 is 0. The molecule has 0 saturated carbocycles. The molecule has 22 heavy (non-hydrogen) atoms. The zero-order valence-electron chi connectivity index (χ0n) is 12.1. The third-order valence-corrected chi connectivity index (χ3v) is 2.36. The highest BCUT2D eigenvalue weighted by Crippen LogP contribution is 1.97. The minimum Gasteiger partial charge on any atom is -0.480 e. The van der Waals surface area contributed by atoms with Crippen LogP contribution in [0, 0.1) is 5.92 Å². The average molecular weight is 311 g/mol. The molecule has 0 saturated heterocycles. The fourth-order valence-corrected chi connectivity index (χ4v) is 1.48. The van der Waals surface area contributed by atoms with E-state index in [0.717, 1.165) is 0 Å². The Morgan fingerprint density at radius 2 is 2.00 bits per heavy atom. The fraction of sp³-hybridized carbons (Fsp3) is 0.417. The summed E-state index contributed by atoms with van der Waals surface area (Å²) in [6.07, 6.45) is 1.73. The first kappa shape index (κ1) is 17.1. The molecule has 0 unspecified atom stereocenters. The van der Waals surface area contributed by atoms with Gasteiger partial charge in [-0.25, -0.2) is 9.78 Å². The molecule has 2 aromatic rings. The molecule has 0 bridgehead atoms. The van der Waals surface area contributed by atoms with Gasteiger partial charge in [0, 0.05) is 6.42 Å². The van der Waals surface area contributed by atoms with Gasteiger partial charge in [-0.3, -0.25) is 24.4 Å². The molecule has 120 valence electrons. The molecule has 0 aliphatic carbocycles. The SMILES string of the molecule is CC(C)CC(=O)NCC(=O)O.O=c1[nH]c(=O)c2[nH]cnc2[nH]1. The Balaban J connectivity index is 0.000000220. The van der Waals surface area contributed by atoms with Crippen LogP contribution in [0.15, 0.2) is 15.9 Å². The van der Waals surface area contributed by atoms with Crippen molar-refractivity contribution in [3.8, 4) is 0 Å². The molecule has 0 atom stereocenters. The number of aromatic nitrogens is 4. The summed E-state index contributed by atoms with van der Waals surface area (Å²) in [5.74, 6) is -0.951. The van der Waals surface area contributed by atoms with Gasteiger partial charge < -0.3 is 15.4 Å². The molecule has 1 amide bonds. The summed E-state index contributed by atoms with van der Waals surface area (Å²) in [4.78, 5) is 53.0. The number of fused-ring (bicyclic) bond motifs is 1. The van der Waals surface area contributed by atoms with Gasteiger partial charge in [0.15, 0.2) is 5.65 Å². The maximum absolute atomic E-state index is 10.9. The molecule has 0 aromatic carbocycles. The van der Waals surface area contributed by atoms with E-state index in [0.29, 0.717) is 6.42 Å². The van der Waals surface area contributed by atoms with Crippen molar-refractivity contribution in [3.05, 3.63) is 27.2 Å². The Bertz CT molecular complexity index is 757. The Hall–Kier alpha value is -2.91. The first-order valence-corrected chi connectivity index (χ1v) is 6.43.